The second-order valence-corrected chi connectivity index (χ2v) is 5.13. The zero-order valence-corrected chi connectivity index (χ0v) is 11.2. The van der Waals surface area contributed by atoms with Crippen LogP contribution in [0.25, 0.3) is 10.9 Å². The van der Waals surface area contributed by atoms with Gasteiger partial charge >= 0.3 is 0 Å². The Balaban J connectivity index is 1.97. The monoisotopic (exact) mass is 258 g/mol. The summed E-state index contributed by atoms with van der Waals surface area (Å²) in [4.78, 5) is 11.8. The minimum atomic E-state index is -0.0460. The molecule has 1 aliphatic heterocycles. The third-order valence-corrected chi connectivity index (χ3v) is 3.79. The minimum absolute atomic E-state index is 0.0460. The summed E-state index contributed by atoms with van der Waals surface area (Å²) in [6.45, 7) is 5.05. The Morgan fingerprint density at radius 2 is 2.32 bits per heavy atom. The van der Waals surface area contributed by atoms with Gasteiger partial charge in [-0.25, -0.2) is 0 Å². The molecule has 0 radical (unpaired) electrons. The van der Waals surface area contributed by atoms with E-state index in [1.807, 2.05) is 23.7 Å². The molecule has 0 aliphatic carbocycles. The summed E-state index contributed by atoms with van der Waals surface area (Å²) in [6, 6.07) is 3.77. The summed E-state index contributed by atoms with van der Waals surface area (Å²) in [5, 5.41) is 11.6. The second kappa shape index (κ2) is 4.66. The highest BCUT2D eigenvalue weighted by atomic mass is 16.1. The molecule has 0 atom stereocenters. The van der Waals surface area contributed by atoms with Gasteiger partial charge in [-0.15, -0.1) is 0 Å². The maximum Gasteiger partial charge on any atom is 0.251 e. The first-order valence-corrected chi connectivity index (χ1v) is 6.58. The number of aryl methyl sites for hydroxylation is 1. The zero-order valence-electron chi connectivity index (χ0n) is 11.2. The van der Waals surface area contributed by atoms with Gasteiger partial charge in [-0.1, -0.05) is 0 Å². The number of nitrogens with zero attached hydrogens (tertiary/aromatic N) is 2. The van der Waals surface area contributed by atoms with E-state index in [0.717, 1.165) is 41.7 Å². The molecule has 100 valence electrons. The van der Waals surface area contributed by atoms with E-state index in [0.29, 0.717) is 5.92 Å². The summed E-state index contributed by atoms with van der Waals surface area (Å²) in [5.74, 6) is 0.628. The van der Waals surface area contributed by atoms with Crippen LogP contribution in [0.4, 0.5) is 0 Å². The fourth-order valence-corrected chi connectivity index (χ4v) is 2.50. The van der Waals surface area contributed by atoms with Crippen LogP contribution in [-0.2, 0) is 6.54 Å². The molecule has 0 bridgehead atoms. The Morgan fingerprint density at radius 1 is 1.53 bits per heavy atom. The van der Waals surface area contributed by atoms with Crippen LogP contribution in [0, 0.1) is 12.8 Å². The fraction of sp³-hybridized carbons (Fsp3) is 0.429. The SMILES string of the molecule is CNC(=O)c1ccc2nn(CC3CNC3)cc2c1C. The van der Waals surface area contributed by atoms with Crippen molar-refractivity contribution in [3.63, 3.8) is 0 Å². The van der Waals surface area contributed by atoms with Crippen molar-refractivity contribution in [3.05, 3.63) is 29.5 Å². The standard InChI is InChI=1S/C14H18N4O/c1-9-11(14(19)15-2)3-4-13-12(9)8-18(17-13)7-10-5-16-6-10/h3-4,8,10,16H,5-7H2,1-2H3,(H,15,19). The number of carbonyl (C=O) groups excluding carboxylic acids is 1. The lowest BCUT2D eigenvalue weighted by Crippen LogP contribution is -2.44. The molecule has 2 N–H and O–H groups in total. The molecule has 0 saturated carbocycles. The molecule has 1 aromatic carbocycles. The molecule has 1 aliphatic rings. The Morgan fingerprint density at radius 3 is 2.95 bits per heavy atom. The van der Waals surface area contributed by atoms with Crippen LogP contribution in [0.5, 0.6) is 0 Å². The van der Waals surface area contributed by atoms with Crippen LogP contribution in [-0.4, -0.2) is 35.8 Å². The number of carbonyl (C=O) groups is 1. The first-order valence-electron chi connectivity index (χ1n) is 6.58. The lowest BCUT2D eigenvalue weighted by molar-refractivity contribution is 0.0962. The number of aromatic nitrogens is 2. The van der Waals surface area contributed by atoms with Crippen LogP contribution in [0.3, 0.4) is 0 Å². The van der Waals surface area contributed by atoms with Crippen molar-refractivity contribution in [2.45, 2.75) is 13.5 Å². The maximum atomic E-state index is 11.8. The number of rotatable bonds is 3. The molecule has 1 aromatic heterocycles. The molecule has 3 rings (SSSR count). The van der Waals surface area contributed by atoms with Crippen molar-refractivity contribution in [1.29, 1.82) is 0 Å². The van der Waals surface area contributed by atoms with E-state index in [-0.39, 0.29) is 5.91 Å². The summed E-state index contributed by atoms with van der Waals surface area (Å²) in [5.41, 5.74) is 2.67. The van der Waals surface area contributed by atoms with Crippen molar-refractivity contribution in [2.24, 2.45) is 5.92 Å². The summed E-state index contributed by atoms with van der Waals surface area (Å²) >= 11 is 0. The van der Waals surface area contributed by atoms with Gasteiger partial charge < -0.3 is 10.6 Å². The van der Waals surface area contributed by atoms with Gasteiger partial charge in [0, 0.05) is 49.7 Å². The van der Waals surface area contributed by atoms with Crippen molar-refractivity contribution in [3.8, 4) is 0 Å². The van der Waals surface area contributed by atoms with Crippen LogP contribution in [0.15, 0.2) is 18.3 Å². The normalized spacial score (nSPS) is 15.5. The first kappa shape index (κ1) is 12.2. The van der Waals surface area contributed by atoms with Gasteiger partial charge in [-0.2, -0.15) is 5.10 Å². The summed E-state index contributed by atoms with van der Waals surface area (Å²) < 4.78 is 2.00. The van der Waals surface area contributed by atoms with Crippen molar-refractivity contribution in [1.82, 2.24) is 20.4 Å². The molecule has 2 aromatic rings. The van der Waals surface area contributed by atoms with E-state index in [9.17, 15) is 4.79 Å². The van der Waals surface area contributed by atoms with Gasteiger partial charge in [0.2, 0.25) is 0 Å². The Hall–Kier alpha value is -1.88. The predicted octanol–water partition coefficient (Wildman–Crippen LogP) is 0.924. The predicted molar refractivity (Wildman–Crippen MR) is 74.2 cm³/mol. The lowest BCUT2D eigenvalue weighted by atomic mass is 10.0. The molecule has 1 saturated heterocycles. The summed E-state index contributed by atoms with van der Waals surface area (Å²) in [6.07, 6.45) is 2.05. The number of nitrogens with one attached hydrogen (secondary N) is 2. The number of amides is 1. The maximum absolute atomic E-state index is 11.8. The Labute approximate surface area is 112 Å². The Kier molecular flexibility index (Phi) is 2.98. The average Bonchev–Trinajstić information content (AvgIpc) is 2.77. The molecule has 1 fully saturated rings. The highest BCUT2D eigenvalue weighted by Gasteiger charge is 2.18. The highest BCUT2D eigenvalue weighted by Crippen LogP contribution is 2.21. The molecular weight excluding hydrogens is 240 g/mol. The number of benzene rings is 1. The minimum Gasteiger partial charge on any atom is -0.355 e. The molecule has 5 nitrogen and oxygen atoms in total. The zero-order chi connectivity index (χ0) is 13.4. The van der Waals surface area contributed by atoms with Gasteiger partial charge in [-0.05, 0) is 24.6 Å². The van der Waals surface area contributed by atoms with E-state index in [1.165, 1.54) is 0 Å². The number of hydrogen-bond donors (Lipinski definition) is 2. The summed E-state index contributed by atoms with van der Waals surface area (Å²) in [7, 11) is 1.65. The van der Waals surface area contributed by atoms with Gasteiger partial charge in [0.15, 0.2) is 0 Å². The number of fused-ring (bicyclic) bond motifs is 1. The molecule has 1 amide bonds. The Bertz CT molecular complexity index is 628. The molecule has 0 unspecified atom stereocenters. The smallest absolute Gasteiger partial charge is 0.251 e. The van der Waals surface area contributed by atoms with E-state index in [4.69, 9.17) is 0 Å². The quantitative estimate of drug-likeness (QED) is 0.861. The van der Waals surface area contributed by atoms with E-state index in [1.54, 1.807) is 7.05 Å². The average molecular weight is 258 g/mol. The van der Waals surface area contributed by atoms with Gasteiger partial charge in [0.05, 0.1) is 5.52 Å². The van der Waals surface area contributed by atoms with Crippen molar-refractivity contribution >= 4 is 16.8 Å². The van der Waals surface area contributed by atoms with Gasteiger partial charge in [0.25, 0.3) is 5.91 Å². The molecule has 0 spiro atoms. The largest absolute Gasteiger partial charge is 0.355 e. The highest BCUT2D eigenvalue weighted by molar-refractivity contribution is 6.00. The van der Waals surface area contributed by atoms with Crippen LogP contribution >= 0.6 is 0 Å². The van der Waals surface area contributed by atoms with Crippen LogP contribution < -0.4 is 10.6 Å². The third kappa shape index (κ3) is 2.10. The number of hydrogen-bond acceptors (Lipinski definition) is 3. The topological polar surface area (TPSA) is 59.0 Å². The van der Waals surface area contributed by atoms with Crippen LogP contribution in [0.1, 0.15) is 15.9 Å². The second-order valence-electron chi connectivity index (χ2n) is 5.13. The third-order valence-electron chi connectivity index (χ3n) is 3.79. The molecule has 2 heterocycles. The van der Waals surface area contributed by atoms with Crippen molar-refractivity contribution in [2.75, 3.05) is 20.1 Å². The molecular formula is C14H18N4O. The first-order chi connectivity index (χ1) is 9.19. The van der Waals surface area contributed by atoms with E-state index < -0.39 is 0 Å². The fourth-order valence-electron chi connectivity index (χ4n) is 2.50. The van der Waals surface area contributed by atoms with E-state index in [2.05, 4.69) is 21.9 Å². The van der Waals surface area contributed by atoms with Crippen LogP contribution in [0.2, 0.25) is 0 Å². The van der Waals surface area contributed by atoms with Gasteiger partial charge in [-0.3, -0.25) is 9.48 Å². The molecule has 19 heavy (non-hydrogen) atoms. The van der Waals surface area contributed by atoms with Crippen molar-refractivity contribution < 1.29 is 4.79 Å². The lowest BCUT2D eigenvalue weighted by Gasteiger charge is -2.26. The molecule has 5 heteroatoms. The van der Waals surface area contributed by atoms with E-state index >= 15 is 0 Å². The van der Waals surface area contributed by atoms with Gasteiger partial charge in [0.1, 0.15) is 0 Å².